The van der Waals surface area contributed by atoms with Crippen LogP contribution in [0.1, 0.15) is 12.5 Å². The Morgan fingerprint density at radius 3 is 2.97 bits per heavy atom. The number of aliphatic hydroxyl groups is 1. The number of nitrogens with one attached hydrogen (secondary N) is 2. The van der Waals surface area contributed by atoms with Gasteiger partial charge in [-0.05, 0) is 36.9 Å². The summed E-state index contributed by atoms with van der Waals surface area (Å²) in [6.07, 6.45) is 1.52. The van der Waals surface area contributed by atoms with Crippen LogP contribution in [-0.2, 0) is 4.74 Å². The molecule has 0 saturated heterocycles. The zero-order chi connectivity index (χ0) is 22.1. The third-order valence-corrected chi connectivity index (χ3v) is 5.03. The minimum Gasteiger partial charge on any atom is -0.474 e. The summed E-state index contributed by atoms with van der Waals surface area (Å²) < 4.78 is 25.7. The highest BCUT2D eigenvalue weighted by Crippen LogP contribution is 2.39. The number of carbonyl (C=O) groups is 1. The molecule has 162 valence electrons. The quantitative estimate of drug-likeness (QED) is 0.467. The molecular weight excluding hydrogens is 405 g/mol. The maximum absolute atomic E-state index is 15.2. The SMILES string of the molecule is Cc1c(-c2cc3cc(NC(=O)OC(C)CO)ncc3c(N)c2F)cnc2c1NCCO2. The molecule has 1 aliphatic rings. The molecule has 1 unspecified atom stereocenters. The largest absolute Gasteiger partial charge is 0.474 e. The number of rotatable bonds is 4. The number of pyridine rings is 2. The van der Waals surface area contributed by atoms with Gasteiger partial charge in [0.05, 0.1) is 12.3 Å². The van der Waals surface area contributed by atoms with Crippen molar-refractivity contribution in [2.45, 2.75) is 20.0 Å². The van der Waals surface area contributed by atoms with E-state index in [0.717, 1.165) is 11.3 Å². The molecule has 1 aliphatic heterocycles. The Kier molecular flexibility index (Phi) is 5.47. The van der Waals surface area contributed by atoms with E-state index in [1.165, 1.54) is 6.20 Å². The standard InChI is InChI=1S/C21H22FN5O4/c1-10(9-28)31-21(29)27-16-6-12-5-13(17(22)18(23)15(12)8-25-16)14-7-26-20-19(11(14)2)24-3-4-30-20/h5-8,10,24,28H,3-4,9,23H2,1-2H3,(H,25,27,29). The first kappa shape index (κ1) is 20.6. The first-order valence-corrected chi connectivity index (χ1v) is 9.72. The van der Waals surface area contributed by atoms with Crippen LogP contribution in [0.25, 0.3) is 21.9 Å². The molecule has 3 aromatic rings. The molecule has 5 N–H and O–H groups in total. The maximum atomic E-state index is 15.2. The van der Waals surface area contributed by atoms with Gasteiger partial charge in [-0.2, -0.15) is 0 Å². The van der Waals surface area contributed by atoms with Gasteiger partial charge >= 0.3 is 6.09 Å². The Morgan fingerprint density at radius 2 is 2.19 bits per heavy atom. The van der Waals surface area contributed by atoms with Gasteiger partial charge in [-0.25, -0.2) is 19.2 Å². The fourth-order valence-corrected chi connectivity index (χ4v) is 3.41. The van der Waals surface area contributed by atoms with Gasteiger partial charge in [-0.3, -0.25) is 5.32 Å². The number of benzene rings is 1. The molecule has 0 bridgehead atoms. The average molecular weight is 427 g/mol. The molecule has 10 heteroatoms. The predicted molar refractivity (Wildman–Crippen MR) is 115 cm³/mol. The Bertz CT molecular complexity index is 1170. The molecule has 0 aliphatic carbocycles. The molecule has 0 radical (unpaired) electrons. The first-order valence-electron chi connectivity index (χ1n) is 9.72. The average Bonchev–Trinajstić information content (AvgIpc) is 2.76. The molecule has 1 aromatic carbocycles. The fourth-order valence-electron chi connectivity index (χ4n) is 3.41. The van der Waals surface area contributed by atoms with Crippen LogP contribution in [0.4, 0.5) is 26.4 Å². The van der Waals surface area contributed by atoms with Gasteiger partial charge in [0.15, 0.2) is 5.82 Å². The molecule has 1 atom stereocenters. The van der Waals surface area contributed by atoms with Crippen molar-refractivity contribution in [1.29, 1.82) is 0 Å². The molecular formula is C21H22FN5O4. The summed E-state index contributed by atoms with van der Waals surface area (Å²) >= 11 is 0. The Labute approximate surface area is 177 Å². The van der Waals surface area contributed by atoms with Crippen molar-refractivity contribution in [3.8, 4) is 17.0 Å². The summed E-state index contributed by atoms with van der Waals surface area (Å²) in [7, 11) is 0. The van der Waals surface area contributed by atoms with E-state index in [1.807, 2.05) is 6.92 Å². The zero-order valence-corrected chi connectivity index (χ0v) is 17.0. The number of fused-ring (bicyclic) bond motifs is 2. The van der Waals surface area contributed by atoms with Gasteiger partial charge < -0.3 is 25.6 Å². The lowest BCUT2D eigenvalue weighted by atomic mass is 9.97. The van der Waals surface area contributed by atoms with Crippen LogP contribution < -0.4 is 21.1 Å². The van der Waals surface area contributed by atoms with Crippen molar-refractivity contribution in [1.82, 2.24) is 9.97 Å². The van der Waals surface area contributed by atoms with Crippen LogP contribution in [-0.4, -0.2) is 47.0 Å². The summed E-state index contributed by atoms with van der Waals surface area (Å²) in [4.78, 5) is 20.3. The number of hydrogen-bond acceptors (Lipinski definition) is 8. The van der Waals surface area contributed by atoms with E-state index in [4.69, 9.17) is 20.3 Å². The molecule has 0 spiro atoms. The number of hydrogen-bond donors (Lipinski definition) is 4. The Morgan fingerprint density at radius 1 is 1.39 bits per heavy atom. The van der Waals surface area contributed by atoms with E-state index in [1.54, 1.807) is 25.3 Å². The molecule has 31 heavy (non-hydrogen) atoms. The summed E-state index contributed by atoms with van der Waals surface area (Å²) in [5, 5.41) is 15.7. The van der Waals surface area contributed by atoms with Crippen LogP contribution >= 0.6 is 0 Å². The van der Waals surface area contributed by atoms with E-state index in [0.29, 0.717) is 35.4 Å². The number of carbonyl (C=O) groups excluding carboxylic acids is 1. The minimum atomic E-state index is -0.760. The Hall–Kier alpha value is -3.66. The summed E-state index contributed by atoms with van der Waals surface area (Å²) in [5.74, 6) is 0.107. The van der Waals surface area contributed by atoms with Crippen LogP contribution in [0.15, 0.2) is 24.5 Å². The van der Waals surface area contributed by atoms with Crippen molar-refractivity contribution >= 4 is 34.1 Å². The van der Waals surface area contributed by atoms with Gasteiger partial charge in [0.2, 0.25) is 5.88 Å². The van der Waals surface area contributed by atoms with Crippen LogP contribution in [0.5, 0.6) is 5.88 Å². The third-order valence-electron chi connectivity index (χ3n) is 5.03. The number of amides is 1. The monoisotopic (exact) mass is 427 g/mol. The van der Waals surface area contributed by atoms with Crippen molar-refractivity contribution in [3.63, 3.8) is 0 Å². The van der Waals surface area contributed by atoms with Gasteiger partial charge in [0.1, 0.15) is 24.2 Å². The molecule has 2 aromatic heterocycles. The molecule has 4 rings (SSSR count). The molecule has 9 nitrogen and oxygen atoms in total. The summed E-state index contributed by atoms with van der Waals surface area (Å²) in [6.45, 7) is 4.25. The summed E-state index contributed by atoms with van der Waals surface area (Å²) in [5.41, 5.74) is 8.37. The topological polar surface area (TPSA) is 132 Å². The van der Waals surface area contributed by atoms with Gasteiger partial charge in [-0.15, -0.1) is 0 Å². The number of ether oxygens (including phenoxy) is 2. The highest BCUT2D eigenvalue weighted by Gasteiger charge is 2.21. The molecule has 3 heterocycles. The zero-order valence-electron chi connectivity index (χ0n) is 17.0. The molecule has 0 fully saturated rings. The number of nitrogen functional groups attached to an aromatic ring is 1. The van der Waals surface area contributed by atoms with E-state index in [9.17, 15) is 4.79 Å². The van der Waals surface area contributed by atoms with Gasteiger partial charge in [0, 0.05) is 35.5 Å². The highest BCUT2D eigenvalue weighted by molar-refractivity contribution is 5.99. The number of aromatic nitrogens is 2. The van der Waals surface area contributed by atoms with E-state index >= 15 is 4.39 Å². The lowest BCUT2D eigenvalue weighted by Gasteiger charge is -2.22. The molecule has 1 amide bonds. The smallest absolute Gasteiger partial charge is 0.413 e. The number of anilines is 3. The number of nitrogens with zero attached hydrogens (tertiary/aromatic N) is 2. The van der Waals surface area contributed by atoms with Crippen LogP contribution in [0, 0.1) is 12.7 Å². The van der Waals surface area contributed by atoms with Gasteiger partial charge in [-0.1, -0.05) is 0 Å². The second kappa shape index (κ2) is 8.23. The van der Waals surface area contributed by atoms with E-state index in [-0.39, 0.29) is 23.7 Å². The van der Waals surface area contributed by atoms with Crippen molar-refractivity contribution < 1.29 is 23.8 Å². The second-order valence-electron chi connectivity index (χ2n) is 7.22. The fraction of sp³-hybridized carbons (Fsp3) is 0.286. The van der Waals surface area contributed by atoms with Crippen molar-refractivity contribution in [2.75, 3.05) is 36.1 Å². The highest BCUT2D eigenvalue weighted by atomic mass is 19.1. The number of halogens is 1. The van der Waals surface area contributed by atoms with Crippen molar-refractivity contribution in [2.24, 2.45) is 0 Å². The maximum Gasteiger partial charge on any atom is 0.413 e. The van der Waals surface area contributed by atoms with Gasteiger partial charge in [0.25, 0.3) is 0 Å². The van der Waals surface area contributed by atoms with Crippen molar-refractivity contribution in [3.05, 3.63) is 35.9 Å². The first-order chi connectivity index (χ1) is 14.9. The van der Waals surface area contributed by atoms with E-state index in [2.05, 4.69) is 20.6 Å². The number of nitrogens with two attached hydrogens (primary N) is 1. The minimum absolute atomic E-state index is 0.0515. The van der Waals surface area contributed by atoms with E-state index < -0.39 is 18.0 Å². The molecule has 0 saturated carbocycles. The summed E-state index contributed by atoms with van der Waals surface area (Å²) in [6, 6.07) is 3.21. The normalized spacial score (nSPS) is 13.7. The lowest BCUT2D eigenvalue weighted by molar-refractivity contribution is 0.0776. The third kappa shape index (κ3) is 3.89. The van der Waals surface area contributed by atoms with Crippen LogP contribution in [0.3, 0.4) is 0 Å². The van der Waals surface area contributed by atoms with Crippen LogP contribution in [0.2, 0.25) is 0 Å². The Balaban J connectivity index is 1.75. The second-order valence-corrected chi connectivity index (χ2v) is 7.22. The number of aliphatic hydroxyl groups excluding tert-OH is 1. The predicted octanol–water partition coefficient (Wildman–Crippen LogP) is 3.06. The lowest BCUT2D eigenvalue weighted by Crippen LogP contribution is -2.23.